The third kappa shape index (κ3) is 2.89. The van der Waals surface area contributed by atoms with Gasteiger partial charge >= 0.3 is 0 Å². The molecule has 19 heavy (non-hydrogen) atoms. The van der Waals surface area contributed by atoms with Gasteiger partial charge < -0.3 is 0 Å². The summed E-state index contributed by atoms with van der Waals surface area (Å²) in [5.74, 6) is 0.261. The van der Waals surface area contributed by atoms with Crippen molar-refractivity contribution in [2.45, 2.75) is 58.5 Å². The van der Waals surface area contributed by atoms with Crippen LogP contribution in [0.25, 0.3) is 0 Å². The molecule has 0 saturated carbocycles. The van der Waals surface area contributed by atoms with Crippen LogP contribution in [0.2, 0.25) is 0 Å². The second-order valence-corrected chi connectivity index (χ2v) is 6.39. The lowest BCUT2D eigenvalue weighted by Crippen LogP contribution is -2.41. The molecule has 0 spiro atoms. The van der Waals surface area contributed by atoms with Crippen molar-refractivity contribution in [3.63, 3.8) is 0 Å². The van der Waals surface area contributed by atoms with Gasteiger partial charge in [0.1, 0.15) is 0 Å². The lowest BCUT2D eigenvalue weighted by atomic mass is 9.93. The predicted molar refractivity (Wildman–Crippen MR) is 79.5 cm³/mol. The SMILES string of the molecule is CCC(=O)c1ccccc1C1CCCN1C(C)(C)C. The van der Waals surface area contributed by atoms with Gasteiger partial charge in [0.2, 0.25) is 0 Å². The van der Waals surface area contributed by atoms with E-state index in [2.05, 4.69) is 37.8 Å². The molecule has 104 valence electrons. The zero-order chi connectivity index (χ0) is 14.0. The Morgan fingerprint density at radius 1 is 1.32 bits per heavy atom. The van der Waals surface area contributed by atoms with E-state index in [9.17, 15) is 4.79 Å². The van der Waals surface area contributed by atoms with E-state index in [-0.39, 0.29) is 11.3 Å². The van der Waals surface area contributed by atoms with Gasteiger partial charge in [-0.25, -0.2) is 0 Å². The van der Waals surface area contributed by atoms with Gasteiger partial charge in [-0.1, -0.05) is 31.2 Å². The number of likely N-dealkylation sites (tertiary alicyclic amines) is 1. The Morgan fingerprint density at radius 3 is 2.63 bits per heavy atom. The lowest BCUT2D eigenvalue weighted by Gasteiger charge is -2.37. The van der Waals surface area contributed by atoms with Crippen LogP contribution in [-0.2, 0) is 0 Å². The van der Waals surface area contributed by atoms with Crippen molar-refractivity contribution in [2.75, 3.05) is 6.54 Å². The van der Waals surface area contributed by atoms with Gasteiger partial charge in [0.15, 0.2) is 5.78 Å². The summed E-state index contributed by atoms with van der Waals surface area (Å²) < 4.78 is 0. The van der Waals surface area contributed by atoms with Crippen LogP contribution in [0.1, 0.15) is 68.9 Å². The van der Waals surface area contributed by atoms with Crippen molar-refractivity contribution >= 4 is 5.78 Å². The lowest BCUT2D eigenvalue weighted by molar-refractivity contribution is 0.0974. The van der Waals surface area contributed by atoms with Crippen LogP contribution in [0.15, 0.2) is 24.3 Å². The molecule has 0 amide bonds. The second kappa shape index (κ2) is 5.46. The Labute approximate surface area is 116 Å². The summed E-state index contributed by atoms with van der Waals surface area (Å²) in [6.45, 7) is 9.85. The van der Waals surface area contributed by atoms with Crippen molar-refractivity contribution in [3.8, 4) is 0 Å². The van der Waals surface area contributed by atoms with Crippen LogP contribution in [0, 0.1) is 0 Å². The minimum absolute atomic E-state index is 0.156. The number of hydrogen-bond donors (Lipinski definition) is 0. The summed E-state index contributed by atoms with van der Waals surface area (Å²) >= 11 is 0. The highest BCUT2D eigenvalue weighted by Gasteiger charge is 2.35. The number of rotatable bonds is 3. The molecular weight excluding hydrogens is 234 g/mol. The Hall–Kier alpha value is -1.15. The number of nitrogens with zero attached hydrogens (tertiary/aromatic N) is 1. The van der Waals surface area contributed by atoms with Crippen LogP contribution in [-0.4, -0.2) is 22.8 Å². The fraction of sp³-hybridized carbons (Fsp3) is 0.588. The van der Waals surface area contributed by atoms with Crippen LogP contribution >= 0.6 is 0 Å². The largest absolute Gasteiger partial charge is 0.294 e. The molecule has 1 unspecified atom stereocenters. The minimum Gasteiger partial charge on any atom is -0.294 e. The molecule has 0 aromatic heterocycles. The first-order chi connectivity index (χ1) is 8.95. The van der Waals surface area contributed by atoms with Gasteiger partial charge in [0.25, 0.3) is 0 Å². The van der Waals surface area contributed by atoms with Crippen molar-refractivity contribution in [1.82, 2.24) is 4.90 Å². The molecule has 2 heteroatoms. The van der Waals surface area contributed by atoms with Crippen molar-refractivity contribution in [2.24, 2.45) is 0 Å². The summed E-state index contributed by atoms with van der Waals surface area (Å²) in [7, 11) is 0. The molecular formula is C17H25NO. The summed E-state index contributed by atoms with van der Waals surface area (Å²) in [4.78, 5) is 14.7. The van der Waals surface area contributed by atoms with E-state index in [4.69, 9.17) is 0 Å². The maximum Gasteiger partial charge on any atom is 0.162 e. The fourth-order valence-corrected chi connectivity index (χ4v) is 3.12. The fourth-order valence-electron chi connectivity index (χ4n) is 3.12. The summed E-state index contributed by atoms with van der Waals surface area (Å²) in [5.41, 5.74) is 2.30. The average molecular weight is 259 g/mol. The van der Waals surface area contributed by atoms with Gasteiger partial charge in [-0.05, 0) is 45.7 Å². The van der Waals surface area contributed by atoms with E-state index < -0.39 is 0 Å². The summed E-state index contributed by atoms with van der Waals surface area (Å²) in [5, 5.41) is 0. The van der Waals surface area contributed by atoms with E-state index in [1.807, 2.05) is 19.1 Å². The molecule has 1 aliphatic rings. The zero-order valence-electron chi connectivity index (χ0n) is 12.6. The molecule has 1 aromatic carbocycles. The monoisotopic (exact) mass is 259 g/mol. The maximum absolute atomic E-state index is 12.1. The number of ketones is 1. The zero-order valence-corrected chi connectivity index (χ0v) is 12.6. The Balaban J connectivity index is 2.39. The van der Waals surface area contributed by atoms with Gasteiger partial charge in [0, 0.05) is 23.6 Å². The second-order valence-electron chi connectivity index (χ2n) is 6.39. The number of benzene rings is 1. The molecule has 1 saturated heterocycles. The first-order valence-electron chi connectivity index (χ1n) is 7.34. The first kappa shape index (κ1) is 14.3. The highest BCUT2D eigenvalue weighted by Crippen LogP contribution is 2.38. The number of Topliss-reactive ketones (excluding diaryl/α,β-unsaturated/α-hetero) is 1. The molecule has 1 heterocycles. The van der Waals surface area contributed by atoms with Gasteiger partial charge in [0.05, 0.1) is 0 Å². The molecule has 0 aliphatic carbocycles. The Morgan fingerprint density at radius 2 is 2.00 bits per heavy atom. The van der Waals surface area contributed by atoms with Gasteiger partial charge in [-0.2, -0.15) is 0 Å². The van der Waals surface area contributed by atoms with E-state index in [0.29, 0.717) is 12.5 Å². The smallest absolute Gasteiger partial charge is 0.162 e. The number of carbonyl (C=O) groups excluding carboxylic acids is 1. The van der Waals surface area contributed by atoms with E-state index in [1.165, 1.54) is 12.0 Å². The van der Waals surface area contributed by atoms with Crippen LogP contribution in [0.3, 0.4) is 0 Å². The number of hydrogen-bond acceptors (Lipinski definition) is 2. The third-order valence-corrected chi connectivity index (χ3v) is 4.06. The van der Waals surface area contributed by atoms with E-state index in [1.54, 1.807) is 0 Å². The van der Waals surface area contributed by atoms with Crippen molar-refractivity contribution in [1.29, 1.82) is 0 Å². The number of carbonyl (C=O) groups is 1. The van der Waals surface area contributed by atoms with Crippen LogP contribution in [0.5, 0.6) is 0 Å². The van der Waals surface area contributed by atoms with Crippen molar-refractivity contribution in [3.05, 3.63) is 35.4 Å². The Kier molecular flexibility index (Phi) is 4.10. The minimum atomic E-state index is 0.156. The van der Waals surface area contributed by atoms with Gasteiger partial charge in [-0.3, -0.25) is 9.69 Å². The predicted octanol–water partition coefficient (Wildman–Crippen LogP) is 4.21. The van der Waals surface area contributed by atoms with Crippen LogP contribution in [0.4, 0.5) is 0 Å². The molecule has 1 fully saturated rings. The highest BCUT2D eigenvalue weighted by molar-refractivity contribution is 5.97. The molecule has 1 aromatic rings. The maximum atomic E-state index is 12.1. The van der Waals surface area contributed by atoms with Gasteiger partial charge in [-0.15, -0.1) is 0 Å². The molecule has 0 bridgehead atoms. The molecule has 2 rings (SSSR count). The standard InChI is InChI=1S/C17H25NO/c1-5-16(19)14-10-7-6-9-13(14)15-11-8-12-18(15)17(2,3)4/h6-7,9-10,15H,5,8,11-12H2,1-4H3. The van der Waals surface area contributed by atoms with Crippen molar-refractivity contribution < 1.29 is 4.79 Å². The first-order valence-corrected chi connectivity index (χ1v) is 7.34. The topological polar surface area (TPSA) is 20.3 Å². The molecule has 0 radical (unpaired) electrons. The van der Waals surface area contributed by atoms with E-state index >= 15 is 0 Å². The molecule has 2 nitrogen and oxygen atoms in total. The van der Waals surface area contributed by atoms with E-state index in [0.717, 1.165) is 18.5 Å². The van der Waals surface area contributed by atoms with Crippen LogP contribution < -0.4 is 0 Å². The normalized spacial score (nSPS) is 20.7. The molecule has 0 N–H and O–H groups in total. The highest BCUT2D eigenvalue weighted by atomic mass is 16.1. The molecule has 1 atom stereocenters. The molecule has 1 aliphatic heterocycles. The average Bonchev–Trinajstić information content (AvgIpc) is 2.87. The summed E-state index contributed by atoms with van der Waals surface area (Å²) in [6.07, 6.45) is 2.96. The third-order valence-electron chi connectivity index (χ3n) is 4.06. The summed E-state index contributed by atoms with van der Waals surface area (Å²) in [6, 6.07) is 8.55. The Bertz CT molecular complexity index is 459. The quantitative estimate of drug-likeness (QED) is 0.758.